The largest absolute Gasteiger partial charge is 0.496 e. The van der Waals surface area contributed by atoms with Crippen LogP contribution in [0.5, 0.6) is 5.75 Å². The minimum Gasteiger partial charge on any atom is -0.496 e. The highest BCUT2D eigenvalue weighted by Gasteiger charge is 2.04. The van der Waals surface area contributed by atoms with E-state index in [1.165, 1.54) is 17.5 Å². The van der Waals surface area contributed by atoms with Gasteiger partial charge in [0.1, 0.15) is 5.75 Å². The average Bonchev–Trinajstić information content (AvgIpc) is 2.59. The number of aryl methyl sites for hydroxylation is 1. The van der Waals surface area contributed by atoms with Gasteiger partial charge in [0.2, 0.25) is 0 Å². The summed E-state index contributed by atoms with van der Waals surface area (Å²) in [7, 11) is 3.50. The normalized spacial score (nSPS) is 11.4. The van der Waals surface area contributed by atoms with Crippen LogP contribution in [-0.4, -0.2) is 46.4 Å². The lowest BCUT2D eigenvalue weighted by Gasteiger charge is -2.13. The Labute approximate surface area is 146 Å². The van der Waals surface area contributed by atoms with E-state index >= 15 is 0 Å². The third-order valence-electron chi connectivity index (χ3n) is 3.75. The molecule has 0 fully saturated rings. The fourth-order valence-electron chi connectivity index (χ4n) is 2.37. The van der Waals surface area contributed by atoms with Crippen LogP contribution in [0.4, 0.5) is 0 Å². The minimum atomic E-state index is 0.796. The number of benzene rings is 1. The first-order chi connectivity index (χ1) is 11.7. The van der Waals surface area contributed by atoms with E-state index in [9.17, 15) is 0 Å². The smallest absolute Gasteiger partial charge is 0.190 e. The van der Waals surface area contributed by atoms with Gasteiger partial charge < -0.3 is 20.1 Å². The standard InChI is InChI=1S/C19H33N3O2/c1-5-6-13-24-14-7-11-21-19(20-3)22-12-10-17-15-16(2)8-9-18(17)23-4/h8-9,15H,5-7,10-14H2,1-4H3,(H2,20,21,22). The predicted molar refractivity (Wildman–Crippen MR) is 101 cm³/mol. The Kier molecular flexibility index (Phi) is 10.7. The zero-order valence-corrected chi connectivity index (χ0v) is 15.7. The van der Waals surface area contributed by atoms with E-state index in [1.54, 1.807) is 14.2 Å². The Hall–Kier alpha value is -1.75. The fraction of sp³-hybridized carbons (Fsp3) is 0.632. The number of guanidine groups is 1. The summed E-state index contributed by atoms with van der Waals surface area (Å²) in [6.07, 6.45) is 4.20. The van der Waals surface area contributed by atoms with E-state index in [-0.39, 0.29) is 0 Å². The maximum absolute atomic E-state index is 5.55. The summed E-state index contributed by atoms with van der Waals surface area (Å²) in [4.78, 5) is 4.25. The maximum atomic E-state index is 5.55. The molecule has 1 aromatic carbocycles. The van der Waals surface area contributed by atoms with Crippen molar-refractivity contribution in [1.82, 2.24) is 10.6 Å². The molecule has 1 rings (SSSR count). The zero-order chi connectivity index (χ0) is 17.6. The Morgan fingerprint density at radius 2 is 1.88 bits per heavy atom. The van der Waals surface area contributed by atoms with Gasteiger partial charge in [-0.3, -0.25) is 4.99 Å². The molecule has 0 amide bonds. The van der Waals surface area contributed by atoms with Crippen molar-refractivity contribution in [3.8, 4) is 5.75 Å². The van der Waals surface area contributed by atoms with E-state index < -0.39 is 0 Å². The monoisotopic (exact) mass is 335 g/mol. The number of nitrogens with zero attached hydrogens (tertiary/aromatic N) is 1. The lowest BCUT2D eigenvalue weighted by molar-refractivity contribution is 0.129. The van der Waals surface area contributed by atoms with Crippen LogP contribution in [0.1, 0.15) is 37.3 Å². The van der Waals surface area contributed by atoms with Crippen LogP contribution < -0.4 is 15.4 Å². The Morgan fingerprint density at radius 1 is 1.12 bits per heavy atom. The van der Waals surface area contributed by atoms with Gasteiger partial charge in [0.15, 0.2) is 5.96 Å². The molecule has 136 valence electrons. The number of nitrogens with one attached hydrogen (secondary N) is 2. The lowest BCUT2D eigenvalue weighted by atomic mass is 10.1. The van der Waals surface area contributed by atoms with Gasteiger partial charge >= 0.3 is 0 Å². The number of hydrogen-bond acceptors (Lipinski definition) is 3. The highest BCUT2D eigenvalue weighted by molar-refractivity contribution is 5.79. The summed E-state index contributed by atoms with van der Waals surface area (Å²) in [5.74, 6) is 1.77. The molecule has 0 bridgehead atoms. The molecule has 0 unspecified atom stereocenters. The van der Waals surface area contributed by atoms with Gasteiger partial charge in [-0.2, -0.15) is 0 Å². The molecular formula is C19H33N3O2. The molecule has 5 nitrogen and oxygen atoms in total. The summed E-state index contributed by atoms with van der Waals surface area (Å²) in [6, 6.07) is 6.26. The van der Waals surface area contributed by atoms with Gasteiger partial charge in [-0.05, 0) is 37.8 Å². The minimum absolute atomic E-state index is 0.796. The van der Waals surface area contributed by atoms with Crippen molar-refractivity contribution in [1.29, 1.82) is 0 Å². The number of methoxy groups -OCH3 is 1. The molecule has 0 aliphatic carbocycles. The van der Waals surface area contributed by atoms with Crippen molar-refractivity contribution in [2.24, 2.45) is 4.99 Å². The van der Waals surface area contributed by atoms with Crippen LogP contribution in [0.3, 0.4) is 0 Å². The van der Waals surface area contributed by atoms with Gasteiger partial charge in [0.25, 0.3) is 0 Å². The lowest BCUT2D eigenvalue weighted by Crippen LogP contribution is -2.39. The SMILES string of the molecule is CCCCOCCCNC(=NC)NCCc1cc(C)ccc1OC. The van der Waals surface area contributed by atoms with Crippen LogP contribution in [0.15, 0.2) is 23.2 Å². The van der Waals surface area contributed by atoms with E-state index in [0.29, 0.717) is 0 Å². The molecule has 0 aliphatic heterocycles. The first-order valence-corrected chi connectivity index (χ1v) is 8.87. The van der Waals surface area contributed by atoms with Crippen molar-refractivity contribution >= 4 is 5.96 Å². The highest BCUT2D eigenvalue weighted by Crippen LogP contribution is 2.19. The van der Waals surface area contributed by atoms with Crippen molar-refractivity contribution < 1.29 is 9.47 Å². The zero-order valence-electron chi connectivity index (χ0n) is 15.7. The quantitative estimate of drug-likeness (QED) is 0.371. The summed E-state index contributed by atoms with van der Waals surface area (Å²) < 4.78 is 11.0. The summed E-state index contributed by atoms with van der Waals surface area (Å²) in [5.41, 5.74) is 2.46. The Morgan fingerprint density at radius 3 is 2.58 bits per heavy atom. The molecule has 5 heteroatoms. The second-order valence-corrected chi connectivity index (χ2v) is 5.81. The number of ether oxygens (including phenoxy) is 2. The average molecular weight is 335 g/mol. The van der Waals surface area contributed by atoms with E-state index in [2.05, 4.69) is 41.6 Å². The summed E-state index contributed by atoms with van der Waals surface area (Å²) >= 11 is 0. The third kappa shape index (κ3) is 8.20. The maximum Gasteiger partial charge on any atom is 0.190 e. The second-order valence-electron chi connectivity index (χ2n) is 5.81. The number of unbranched alkanes of at least 4 members (excludes halogenated alkanes) is 1. The molecule has 0 saturated carbocycles. The van der Waals surface area contributed by atoms with Crippen LogP contribution >= 0.6 is 0 Å². The molecule has 0 aromatic heterocycles. The number of aliphatic imine (C=N–C) groups is 1. The van der Waals surface area contributed by atoms with Crippen LogP contribution in [0.25, 0.3) is 0 Å². The fourth-order valence-corrected chi connectivity index (χ4v) is 2.37. The second kappa shape index (κ2) is 12.6. The van der Waals surface area contributed by atoms with Crippen molar-refractivity contribution in [2.45, 2.75) is 39.5 Å². The molecule has 0 radical (unpaired) electrons. The Balaban J connectivity index is 2.24. The van der Waals surface area contributed by atoms with Gasteiger partial charge in [-0.15, -0.1) is 0 Å². The molecule has 0 heterocycles. The van der Waals surface area contributed by atoms with E-state index in [1.807, 2.05) is 6.07 Å². The molecule has 0 aliphatic rings. The molecule has 0 atom stereocenters. The van der Waals surface area contributed by atoms with Gasteiger partial charge in [-0.25, -0.2) is 0 Å². The summed E-state index contributed by atoms with van der Waals surface area (Å²) in [5, 5.41) is 6.66. The Bertz CT molecular complexity index is 490. The molecule has 0 saturated heterocycles. The van der Waals surface area contributed by atoms with Gasteiger partial charge in [-0.1, -0.05) is 31.0 Å². The molecular weight excluding hydrogens is 302 g/mol. The topological polar surface area (TPSA) is 54.9 Å². The van der Waals surface area contributed by atoms with E-state index in [0.717, 1.165) is 57.3 Å². The van der Waals surface area contributed by atoms with Crippen molar-refractivity contribution in [3.05, 3.63) is 29.3 Å². The van der Waals surface area contributed by atoms with Crippen LogP contribution in [0, 0.1) is 6.92 Å². The van der Waals surface area contributed by atoms with Gasteiger partial charge in [0.05, 0.1) is 7.11 Å². The van der Waals surface area contributed by atoms with Crippen molar-refractivity contribution in [2.75, 3.05) is 40.5 Å². The van der Waals surface area contributed by atoms with Crippen molar-refractivity contribution in [3.63, 3.8) is 0 Å². The first-order valence-electron chi connectivity index (χ1n) is 8.87. The molecule has 1 aromatic rings. The van der Waals surface area contributed by atoms with E-state index in [4.69, 9.17) is 9.47 Å². The summed E-state index contributed by atoms with van der Waals surface area (Å²) in [6.45, 7) is 7.60. The molecule has 2 N–H and O–H groups in total. The highest BCUT2D eigenvalue weighted by atomic mass is 16.5. The molecule has 0 spiro atoms. The molecule has 24 heavy (non-hydrogen) atoms. The van der Waals surface area contributed by atoms with Crippen LogP contribution in [0.2, 0.25) is 0 Å². The van der Waals surface area contributed by atoms with Gasteiger partial charge in [0, 0.05) is 33.4 Å². The number of hydrogen-bond donors (Lipinski definition) is 2. The predicted octanol–water partition coefficient (Wildman–Crippen LogP) is 2.92. The third-order valence-corrected chi connectivity index (χ3v) is 3.75. The first kappa shape index (κ1) is 20.3. The van der Waals surface area contributed by atoms with Crippen LogP contribution in [-0.2, 0) is 11.2 Å². The number of rotatable bonds is 11.